The zero-order chi connectivity index (χ0) is 24.1. The summed E-state index contributed by atoms with van der Waals surface area (Å²) in [6, 6.07) is 5.50. The Morgan fingerprint density at radius 1 is 1.12 bits per heavy atom. The number of pyridine rings is 1. The first-order valence-corrected chi connectivity index (χ1v) is 12.0. The maximum absolute atomic E-state index is 13.0. The number of benzene rings is 1. The molecule has 1 saturated carbocycles. The molecule has 1 aromatic heterocycles. The number of aromatic amines is 1. The van der Waals surface area contributed by atoms with Gasteiger partial charge in [-0.25, -0.2) is 0 Å². The van der Waals surface area contributed by atoms with Crippen molar-refractivity contribution in [2.45, 2.75) is 66.3 Å². The van der Waals surface area contributed by atoms with Crippen molar-refractivity contribution in [1.82, 2.24) is 10.3 Å². The van der Waals surface area contributed by atoms with Crippen LogP contribution in [-0.4, -0.2) is 23.5 Å². The minimum absolute atomic E-state index is 0.00335. The van der Waals surface area contributed by atoms with Gasteiger partial charge >= 0.3 is 5.97 Å². The largest absolute Gasteiger partial charge is 0.466 e. The lowest BCUT2D eigenvalue weighted by molar-refractivity contribution is -0.149. The van der Waals surface area contributed by atoms with Crippen LogP contribution in [0.2, 0.25) is 5.02 Å². The van der Waals surface area contributed by atoms with E-state index in [9.17, 15) is 14.4 Å². The van der Waals surface area contributed by atoms with Crippen LogP contribution in [0.1, 0.15) is 70.9 Å². The highest BCUT2D eigenvalue weighted by Gasteiger charge is 2.28. The molecule has 6 nitrogen and oxygen atoms in total. The van der Waals surface area contributed by atoms with Gasteiger partial charge < -0.3 is 15.0 Å². The lowest BCUT2D eigenvalue weighted by Crippen LogP contribution is -2.28. The number of aryl methyl sites for hydroxylation is 2. The van der Waals surface area contributed by atoms with Gasteiger partial charge in [0.05, 0.1) is 12.5 Å². The van der Waals surface area contributed by atoms with Gasteiger partial charge in [0.1, 0.15) is 0 Å². The van der Waals surface area contributed by atoms with Gasteiger partial charge in [-0.1, -0.05) is 11.6 Å². The molecule has 33 heavy (non-hydrogen) atoms. The van der Waals surface area contributed by atoms with Crippen molar-refractivity contribution in [1.29, 1.82) is 0 Å². The van der Waals surface area contributed by atoms with E-state index >= 15 is 0 Å². The molecule has 1 fully saturated rings. The number of hydrogen-bond donors (Lipinski definition) is 2. The number of hydrogen-bond acceptors (Lipinski definition) is 4. The van der Waals surface area contributed by atoms with Crippen molar-refractivity contribution in [3.8, 4) is 0 Å². The highest BCUT2D eigenvalue weighted by atomic mass is 35.5. The molecule has 3 rings (SSSR count). The summed E-state index contributed by atoms with van der Waals surface area (Å²) in [7, 11) is 0. The number of carbonyl (C=O) groups is 2. The average Bonchev–Trinajstić information content (AvgIpc) is 2.75. The van der Waals surface area contributed by atoms with Gasteiger partial charge in [-0.15, -0.1) is 0 Å². The van der Waals surface area contributed by atoms with Crippen LogP contribution in [0.3, 0.4) is 0 Å². The fraction of sp³-hybridized carbons (Fsp3) is 0.500. The molecule has 2 aromatic rings. The molecule has 0 atom stereocenters. The van der Waals surface area contributed by atoms with E-state index in [4.69, 9.17) is 16.3 Å². The molecular formula is C26H33ClN2O4. The Kier molecular flexibility index (Phi) is 8.35. The zero-order valence-electron chi connectivity index (χ0n) is 19.8. The van der Waals surface area contributed by atoms with E-state index in [2.05, 4.69) is 10.3 Å². The van der Waals surface area contributed by atoms with Crippen LogP contribution in [0.25, 0.3) is 0 Å². The summed E-state index contributed by atoms with van der Waals surface area (Å²) in [6.45, 7) is 8.04. The third kappa shape index (κ3) is 6.26. The molecule has 1 aromatic carbocycles. The van der Waals surface area contributed by atoms with Gasteiger partial charge in [0.2, 0.25) is 0 Å². The molecule has 178 valence electrons. The van der Waals surface area contributed by atoms with Crippen LogP contribution >= 0.6 is 11.6 Å². The van der Waals surface area contributed by atoms with Crippen LogP contribution in [0.15, 0.2) is 23.0 Å². The number of rotatable bonds is 7. The minimum Gasteiger partial charge on any atom is -0.466 e. The number of carbonyl (C=O) groups excluding carboxylic acids is 2. The number of nitrogens with one attached hydrogen (secondary N) is 2. The standard InChI is InChI=1S/C26H33ClN2O4/c1-5-33-26(32)19-8-6-18(7-9-19)11-20-12-21(27)13-22(17(20)4)24(30)28-14-23-15(2)10-16(3)29-25(23)31/h10,12-13,18-19H,5-9,11,14H2,1-4H3,(H,28,30)(H,29,31)/t18-,19-. The van der Waals surface area contributed by atoms with Crippen molar-refractivity contribution in [3.63, 3.8) is 0 Å². The highest BCUT2D eigenvalue weighted by molar-refractivity contribution is 6.31. The van der Waals surface area contributed by atoms with Crippen molar-refractivity contribution in [3.05, 3.63) is 67.1 Å². The summed E-state index contributed by atoms with van der Waals surface area (Å²) >= 11 is 6.37. The molecule has 2 N–H and O–H groups in total. The molecular weight excluding hydrogens is 440 g/mol. The van der Waals surface area contributed by atoms with Crippen molar-refractivity contribution < 1.29 is 14.3 Å². The first-order chi connectivity index (χ1) is 15.7. The monoisotopic (exact) mass is 472 g/mol. The van der Waals surface area contributed by atoms with Gasteiger partial charge in [0, 0.05) is 28.4 Å². The maximum Gasteiger partial charge on any atom is 0.308 e. The quantitative estimate of drug-likeness (QED) is 0.567. The molecule has 1 amide bonds. The Bertz CT molecular complexity index is 1080. The summed E-state index contributed by atoms with van der Waals surface area (Å²) in [6.07, 6.45) is 4.39. The first kappa shape index (κ1) is 25.0. The Morgan fingerprint density at radius 2 is 1.82 bits per heavy atom. The summed E-state index contributed by atoms with van der Waals surface area (Å²) in [5.74, 6) is 0.104. The maximum atomic E-state index is 13.0. The molecule has 0 bridgehead atoms. The van der Waals surface area contributed by atoms with E-state index in [1.807, 2.05) is 39.8 Å². The lowest BCUT2D eigenvalue weighted by atomic mass is 9.78. The summed E-state index contributed by atoms with van der Waals surface area (Å²) in [5, 5.41) is 3.40. The molecule has 0 saturated heterocycles. The van der Waals surface area contributed by atoms with Crippen LogP contribution in [0, 0.1) is 32.6 Å². The number of esters is 1. The van der Waals surface area contributed by atoms with Crippen LogP contribution in [-0.2, 0) is 22.5 Å². The number of ether oxygens (including phenoxy) is 1. The minimum atomic E-state index is -0.248. The Labute approximate surface area is 200 Å². The molecule has 1 aliphatic rings. The smallest absolute Gasteiger partial charge is 0.308 e. The van der Waals surface area contributed by atoms with Gasteiger partial charge in [0.15, 0.2) is 0 Å². The van der Waals surface area contributed by atoms with Crippen LogP contribution in [0.5, 0.6) is 0 Å². The topological polar surface area (TPSA) is 88.3 Å². The molecule has 0 radical (unpaired) electrons. The van der Waals surface area contributed by atoms with Gasteiger partial charge in [-0.05, 0) is 101 Å². The van der Waals surface area contributed by atoms with Crippen molar-refractivity contribution >= 4 is 23.5 Å². The van der Waals surface area contributed by atoms with E-state index < -0.39 is 0 Å². The SMILES string of the molecule is CCOC(=O)[C@H]1CC[C@H](Cc2cc(Cl)cc(C(=O)NCc3c(C)cc(C)[nH]c3=O)c2C)CC1. The Morgan fingerprint density at radius 3 is 2.45 bits per heavy atom. The highest BCUT2D eigenvalue weighted by Crippen LogP contribution is 2.33. The molecule has 0 spiro atoms. The molecule has 0 unspecified atom stereocenters. The molecule has 1 aliphatic carbocycles. The van der Waals surface area contributed by atoms with E-state index in [1.165, 1.54) is 0 Å². The number of aromatic nitrogens is 1. The summed E-state index contributed by atoms with van der Waals surface area (Å²) in [4.78, 5) is 40.0. The second-order valence-corrected chi connectivity index (χ2v) is 9.47. The third-order valence-electron chi connectivity index (χ3n) is 6.62. The van der Waals surface area contributed by atoms with E-state index in [-0.39, 0.29) is 29.9 Å². The van der Waals surface area contributed by atoms with Gasteiger partial charge in [0.25, 0.3) is 11.5 Å². The Balaban J connectivity index is 1.68. The number of halogens is 1. The first-order valence-electron chi connectivity index (χ1n) is 11.6. The van der Waals surface area contributed by atoms with Crippen LogP contribution in [0.4, 0.5) is 0 Å². The fourth-order valence-electron chi connectivity index (χ4n) is 4.72. The fourth-order valence-corrected chi connectivity index (χ4v) is 4.96. The van der Waals surface area contributed by atoms with E-state index in [0.29, 0.717) is 28.7 Å². The zero-order valence-corrected chi connectivity index (χ0v) is 20.6. The van der Waals surface area contributed by atoms with E-state index in [1.54, 1.807) is 6.07 Å². The molecule has 0 aliphatic heterocycles. The third-order valence-corrected chi connectivity index (χ3v) is 6.84. The lowest BCUT2D eigenvalue weighted by Gasteiger charge is -2.28. The summed E-state index contributed by atoms with van der Waals surface area (Å²) < 4.78 is 5.16. The second-order valence-electron chi connectivity index (χ2n) is 9.04. The average molecular weight is 473 g/mol. The van der Waals surface area contributed by atoms with Crippen molar-refractivity contribution in [2.75, 3.05) is 6.61 Å². The summed E-state index contributed by atoms with van der Waals surface area (Å²) in [5.41, 5.74) is 4.48. The number of amides is 1. The van der Waals surface area contributed by atoms with Crippen LogP contribution < -0.4 is 10.9 Å². The van der Waals surface area contributed by atoms with E-state index in [0.717, 1.165) is 54.5 Å². The van der Waals surface area contributed by atoms with Gasteiger partial charge in [-0.2, -0.15) is 0 Å². The molecule has 1 heterocycles. The predicted molar refractivity (Wildman–Crippen MR) is 130 cm³/mol. The van der Waals surface area contributed by atoms with Crippen molar-refractivity contribution in [2.24, 2.45) is 11.8 Å². The Hall–Kier alpha value is -2.60. The second kappa shape index (κ2) is 11.0. The number of H-pyrrole nitrogens is 1. The predicted octanol–water partition coefficient (Wildman–Crippen LogP) is 4.80. The molecule has 7 heteroatoms. The normalized spacial score (nSPS) is 18.1. The van der Waals surface area contributed by atoms with Gasteiger partial charge in [-0.3, -0.25) is 14.4 Å².